The molecule has 1 aliphatic rings. The minimum Gasteiger partial charge on any atom is -0.508 e. The van der Waals surface area contributed by atoms with Gasteiger partial charge in [-0.25, -0.2) is 0 Å². The number of carboxylic acid groups (broad SMARTS) is 1. The highest BCUT2D eigenvalue weighted by molar-refractivity contribution is 5.73. The smallest absolute Gasteiger partial charge is 0.320 e. The van der Waals surface area contributed by atoms with Crippen LogP contribution >= 0.6 is 0 Å². The van der Waals surface area contributed by atoms with Crippen molar-refractivity contribution >= 4 is 5.97 Å². The summed E-state index contributed by atoms with van der Waals surface area (Å²) in [7, 11) is 0. The molecule has 4 heteroatoms. The van der Waals surface area contributed by atoms with Crippen LogP contribution < -0.4 is 5.32 Å². The largest absolute Gasteiger partial charge is 0.508 e. The summed E-state index contributed by atoms with van der Waals surface area (Å²) in [6.07, 6.45) is 0.825. The Bertz CT molecular complexity index is 484. The van der Waals surface area contributed by atoms with Crippen LogP contribution in [0.4, 0.5) is 0 Å². The van der Waals surface area contributed by atoms with Gasteiger partial charge in [0.15, 0.2) is 0 Å². The topological polar surface area (TPSA) is 69.6 Å². The third-order valence-electron chi connectivity index (χ3n) is 3.73. The van der Waals surface area contributed by atoms with E-state index in [9.17, 15) is 9.90 Å². The average molecular weight is 249 g/mol. The van der Waals surface area contributed by atoms with E-state index in [-0.39, 0.29) is 11.8 Å². The number of carbonyl (C=O) groups is 1. The van der Waals surface area contributed by atoms with Crippen LogP contribution in [0.15, 0.2) is 12.1 Å². The fourth-order valence-corrected chi connectivity index (χ4v) is 2.87. The highest BCUT2D eigenvalue weighted by atomic mass is 16.4. The number of nitrogens with one attached hydrogen (secondary N) is 1. The molecule has 2 unspecified atom stereocenters. The zero-order valence-corrected chi connectivity index (χ0v) is 10.9. The number of hydrogen-bond donors (Lipinski definition) is 3. The first-order chi connectivity index (χ1) is 8.41. The van der Waals surface area contributed by atoms with Crippen molar-refractivity contribution in [3.63, 3.8) is 0 Å². The number of fused-ring (bicyclic) bond motifs is 1. The van der Waals surface area contributed by atoms with Gasteiger partial charge in [-0.3, -0.25) is 10.1 Å². The van der Waals surface area contributed by atoms with E-state index in [4.69, 9.17) is 5.11 Å². The summed E-state index contributed by atoms with van der Waals surface area (Å²) >= 11 is 0. The molecule has 4 nitrogen and oxygen atoms in total. The lowest BCUT2D eigenvalue weighted by molar-refractivity contribution is -0.139. The second-order valence-electron chi connectivity index (χ2n) is 5.14. The van der Waals surface area contributed by atoms with Crippen molar-refractivity contribution in [2.45, 2.75) is 45.2 Å². The van der Waals surface area contributed by atoms with Crippen molar-refractivity contribution in [1.29, 1.82) is 0 Å². The first-order valence-corrected chi connectivity index (χ1v) is 6.23. The van der Waals surface area contributed by atoms with E-state index in [0.717, 1.165) is 23.1 Å². The molecule has 18 heavy (non-hydrogen) atoms. The summed E-state index contributed by atoms with van der Waals surface area (Å²) in [6, 6.07) is 2.90. The molecule has 0 spiro atoms. The zero-order valence-electron chi connectivity index (χ0n) is 10.9. The van der Waals surface area contributed by atoms with Crippen LogP contribution in [0.1, 0.15) is 48.9 Å². The van der Waals surface area contributed by atoms with Gasteiger partial charge in [0.2, 0.25) is 0 Å². The summed E-state index contributed by atoms with van der Waals surface area (Å²) in [5, 5.41) is 22.0. The number of phenols is 1. The minimum atomic E-state index is -0.872. The van der Waals surface area contributed by atoms with Crippen LogP contribution in [0, 0.1) is 6.92 Å². The van der Waals surface area contributed by atoms with Gasteiger partial charge in [-0.2, -0.15) is 0 Å². The summed E-state index contributed by atoms with van der Waals surface area (Å²) in [6.45, 7) is 5.76. The van der Waals surface area contributed by atoms with Crippen LogP contribution in [-0.4, -0.2) is 22.2 Å². The Balaban J connectivity index is 2.35. The number of aliphatic carboxylic acids is 1. The fraction of sp³-hybridized carbons (Fsp3) is 0.500. The van der Waals surface area contributed by atoms with E-state index in [0.29, 0.717) is 5.92 Å². The van der Waals surface area contributed by atoms with Gasteiger partial charge in [0.1, 0.15) is 11.8 Å². The maximum Gasteiger partial charge on any atom is 0.320 e. The molecule has 98 valence electrons. The molecule has 0 aliphatic heterocycles. The number of carboxylic acids is 1. The van der Waals surface area contributed by atoms with Crippen molar-refractivity contribution in [1.82, 2.24) is 5.32 Å². The lowest BCUT2D eigenvalue weighted by Crippen LogP contribution is -2.35. The minimum absolute atomic E-state index is 0.0824. The lowest BCUT2D eigenvalue weighted by atomic mass is 9.97. The second-order valence-corrected chi connectivity index (χ2v) is 5.14. The van der Waals surface area contributed by atoms with E-state index in [1.165, 1.54) is 0 Å². The molecule has 0 saturated carbocycles. The predicted octanol–water partition coefficient (Wildman–Crippen LogP) is 2.31. The first kappa shape index (κ1) is 12.9. The van der Waals surface area contributed by atoms with Gasteiger partial charge in [0, 0.05) is 11.6 Å². The van der Waals surface area contributed by atoms with E-state index < -0.39 is 12.0 Å². The maximum atomic E-state index is 10.9. The van der Waals surface area contributed by atoms with Gasteiger partial charge >= 0.3 is 5.97 Å². The standard InChI is InChI=1S/C14H19NO3/c1-7-4-5-11(16)13-10(6-8(2)12(7)13)15-9(3)14(17)18/h4-5,8-10,15-16H,6H2,1-3H3,(H,17,18)/t8?,9-,10?/m1/s1. The molecule has 0 fully saturated rings. The molecule has 0 aromatic heterocycles. The SMILES string of the molecule is Cc1ccc(O)c2c1C(C)CC2N[C@H](C)C(=O)O. The van der Waals surface area contributed by atoms with Crippen molar-refractivity contribution < 1.29 is 15.0 Å². The van der Waals surface area contributed by atoms with Crippen LogP contribution in [0.2, 0.25) is 0 Å². The van der Waals surface area contributed by atoms with Crippen LogP contribution in [0.3, 0.4) is 0 Å². The van der Waals surface area contributed by atoms with Gasteiger partial charge in [-0.05, 0) is 43.4 Å². The molecule has 1 aromatic rings. The van der Waals surface area contributed by atoms with Crippen molar-refractivity contribution in [3.05, 3.63) is 28.8 Å². The third kappa shape index (κ3) is 2.08. The molecule has 0 amide bonds. The molecule has 0 saturated heterocycles. The number of phenolic OH excluding ortho intramolecular Hbond substituents is 1. The highest BCUT2D eigenvalue weighted by Crippen LogP contribution is 2.45. The van der Waals surface area contributed by atoms with E-state index in [2.05, 4.69) is 12.2 Å². The third-order valence-corrected chi connectivity index (χ3v) is 3.73. The Hall–Kier alpha value is -1.55. The van der Waals surface area contributed by atoms with Gasteiger partial charge in [0.05, 0.1) is 0 Å². The molecule has 1 aliphatic carbocycles. The number of hydrogen-bond acceptors (Lipinski definition) is 3. The van der Waals surface area contributed by atoms with Crippen molar-refractivity contribution in [2.75, 3.05) is 0 Å². The molecule has 1 aromatic carbocycles. The van der Waals surface area contributed by atoms with Crippen molar-refractivity contribution in [2.24, 2.45) is 0 Å². The van der Waals surface area contributed by atoms with E-state index in [1.807, 2.05) is 13.0 Å². The number of aromatic hydroxyl groups is 1. The van der Waals surface area contributed by atoms with Gasteiger partial charge < -0.3 is 10.2 Å². The highest BCUT2D eigenvalue weighted by Gasteiger charge is 2.33. The summed E-state index contributed by atoms with van der Waals surface area (Å²) in [5.74, 6) is -0.274. The lowest BCUT2D eigenvalue weighted by Gasteiger charge is -2.18. The predicted molar refractivity (Wildman–Crippen MR) is 68.9 cm³/mol. The van der Waals surface area contributed by atoms with Crippen LogP contribution in [-0.2, 0) is 4.79 Å². The second kappa shape index (κ2) is 4.61. The summed E-state index contributed by atoms with van der Waals surface area (Å²) in [4.78, 5) is 10.9. The molecule has 3 N–H and O–H groups in total. The molecular weight excluding hydrogens is 230 g/mol. The fourth-order valence-electron chi connectivity index (χ4n) is 2.87. The Morgan fingerprint density at radius 3 is 2.72 bits per heavy atom. The molecule has 2 rings (SSSR count). The van der Waals surface area contributed by atoms with Gasteiger partial charge in [-0.15, -0.1) is 0 Å². The maximum absolute atomic E-state index is 10.9. The zero-order chi connectivity index (χ0) is 13.4. The molecule has 0 bridgehead atoms. The molecular formula is C14H19NO3. The molecule has 0 heterocycles. The Labute approximate surface area is 107 Å². The molecule has 3 atom stereocenters. The number of benzene rings is 1. The molecule has 0 radical (unpaired) electrons. The van der Waals surface area contributed by atoms with Gasteiger partial charge in [0.25, 0.3) is 0 Å². The number of aryl methyl sites for hydroxylation is 1. The quantitative estimate of drug-likeness (QED) is 0.769. The van der Waals surface area contributed by atoms with Crippen molar-refractivity contribution in [3.8, 4) is 5.75 Å². The number of rotatable bonds is 3. The summed E-state index contributed by atoms with van der Waals surface area (Å²) in [5.41, 5.74) is 3.18. The normalized spacial score (nSPS) is 23.7. The van der Waals surface area contributed by atoms with Crippen LogP contribution in [0.25, 0.3) is 0 Å². The van der Waals surface area contributed by atoms with E-state index >= 15 is 0 Å². The van der Waals surface area contributed by atoms with Crippen LogP contribution in [0.5, 0.6) is 5.75 Å². The Morgan fingerprint density at radius 1 is 1.44 bits per heavy atom. The van der Waals surface area contributed by atoms with E-state index in [1.54, 1.807) is 13.0 Å². The Morgan fingerprint density at radius 2 is 2.11 bits per heavy atom. The first-order valence-electron chi connectivity index (χ1n) is 6.23. The average Bonchev–Trinajstić information content (AvgIpc) is 2.62. The monoisotopic (exact) mass is 249 g/mol. The summed E-state index contributed by atoms with van der Waals surface area (Å²) < 4.78 is 0. The Kier molecular flexibility index (Phi) is 3.30. The van der Waals surface area contributed by atoms with Gasteiger partial charge in [-0.1, -0.05) is 13.0 Å².